The number of hydrogen-bond donors (Lipinski definition) is 1. The van der Waals surface area contributed by atoms with Crippen LogP contribution in [0.3, 0.4) is 0 Å². The second kappa shape index (κ2) is 6.78. The summed E-state index contributed by atoms with van der Waals surface area (Å²) in [4.78, 5) is 1.90. The molecule has 0 unspecified atom stereocenters. The Morgan fingerprint density at radius 1 is 1.52 bits per heavy atom. The molecule has 0 aliphatic carbocycles. The van der Waals surface area contributed by atoms with Gasteiger partial charge in [0.2, 0.25) is 0 Å². The monoisotopic (exact) mass is 324 g/mol. The number of anilines is 1. The number of nitrogens with one attached hydrogen (secondary N) is 1. The predicted molar refractivity (Wildman–Crippen MR) is 88.9 cm³/mol. The van der Waals surface area contributed by atoms with Crippen LogP contribution in [0.4, 0.5) is 5.69 Å². The third-order valence-corrected chi connectivity index (χ3v) is 3.79. The van der Waals surface area contributed by atoms with Crippen molar-refractivity contribution < 1.29 is 4.74 Å². The summed E-state index contributed by atoms with van der Waals surface area (Å²) < 4.78 is 6.93. The lowest BCUT2D eigenvalue weighted by molar-refractivity contribution is 0.415. The van der Waals surface area contributed by atoms with Crippen molar-refractivity contribution in [1.29, 1.82) is 0 Å². The lowest BCUT2D eigenvalue weighted by atomic mass is 10.3. The van der Waals surface area contributed by atoms with E-state index in [1.807, 2.05) is 43.3 Å². The van der Waals surface area contributed by atoms with Gasteiger partial charge in [-0.3, -0.25) is 4.68 Å². The summed E-state index contributed by atoms with van der Waals surface area (Å²) in [7, 11) is 5.39. The second-order valence-electron chi connectivity index (χ2n) is 4.58. The maximum absolute atomic E-state index is 6.10. The van der Waals surface area contributed by atoms with E-state index in [4.69, 9.17) is 28.6 Å². The van der Waals surface area contributed by atoms with Crippen LogP contribution in [0.2, 0.25) is 5.02 Å². The highest BCUT2D eigenvalue weighted by molar-refractivity contribution is 7.80. The maximum Gasteiger partial charge on any atom is 0.173 e. The molecule has 2 aromatic rings. The molecule has 0 spiro atoms. The molecule has 0 aliphatic heterocycles. The number of benzene rings is 1. The van der Waals surface area contributed by atoms with Crippen LogP contribution in [0.1, 0.15) is 5.69 Å². The zero-order chi connectivity index (χ0) is 15.4. The van der Waals surface area contributed by atoms with Gasteiger partial charge in [0.1, 0.15) is 5.75 Å². The van der Waals surface area contributed by atoms with Gasteiger partial charge in [-0.1, -0.05) is 17.7 Å². The molecule has 0 aliphatic rings. The van der Waals surface area contributed by atoms with Crippen LogP contribution in [0.25, 0.3) is 0 Å². The number of ether oxygens (including phenoxy) is 1. The first-order valence-electron chi connectivity index (χ1n) is 6.34. The van der Waals surface area contributed by atoms with Crippen molar-refractivity contribution in [3.05, 3.63) is 41.2 Å². The van der Waals surface area contributed by atoms with Crippen molar-refractivity contribution in [3.63, 3.8) is 0 Å². The van der Waals surface area contributed by atoms with Gasteiger partial charge in [-0.25, -0.2) is 0 Å². The van der Waals surface area contributed by atoms with Gasteiger partial charge in [-0.2, -0.15) is 5.10 Å². The Morgan fingerprint density at radius 3 is 2.90 bits per heavy atom. The molecular weight excluding hydrogens is 308 g/mol. The Labute approximate surface area is 134 Å². The molecular formula is C14H17ClN4OS. The number of nitrogens with zero attached hydrogens (tertiary/aromatic N) is 3. The van der Waals surface area contributed by atoms with Gasteiger partial charge in [-0.15, -0.1) is 0 Å². The van der Waals surface area contributed by atoms with E-state index in [9.17, 15) is 0 Å². The summed E-state index contributed by atoms with van der Waals surface area (Å²) in [6.45, 7) is 0.575. The second-order valence-corrected chi connectivity index (χ2v) is 5.37. The van der Waals surface area contributed by atoms with Crippen LogP contribution in [-0.4, -0.2) is 34.0 Å². The largest absolute Gasteiger partial charge is 0.497 e. The Kier molecular flexibility index (Phi) is 5.03. The summed E-state index contributed by atoms with van der Waals surface area (Å²) in [6, 6.07) is 7.60. The normalized spacial score (nSPS) is 10.3. The minimum atomic E-state index is 0.575. The number of methoxy groups -OCH3 is 1. The molecule has 7 heteroatoms. The van der Waals surface area contributed by atoms with Crippen molar-refractivity contribution in [1.82, 2.24) is 14.7 Å². The molecule has 0 amide bonds. The van der Waals surface area contributed by atoms with Crippen molar-refractivity contribution in [2.45, 2.75) is 6.54 Å². The lowest BCUT2D eigenvalue weighted by Gasteiger charge is -2.21. The van der Waals surface area contributed by atoms with Crippen LogP contribution in [0.15, 0.2) is 30.5 Å². The summed E-state index contributed by atoms with van der Waals surface area (Å²) in [5, 5.41) is 8.52. The van der Waals surface area contributed by atoms with E-state index < -0.39 is 0 Å². The van der Waals surface area contributed by atoms with E-state index >= 15 is 0 Å². The summed E-state index contributed by atoms with van der Waals surface area (Å²) >= 11 is 11.5. The van der Waals surface area contributed by atoms with Crippen LogP contribution in [0, 0.1) is 0 Å². The van der Waals surface area contributed by atoms with Crippen LogP contribution >= 0.6 is 23.8 Å². The molecule has 0 bridgehead atoms. The molecule has 0 atom stereocenters. The first-order chi connectivity index (χ1) is 10.0. The summed E-state index contributed by atoms with van der Waals surface area (Å²) in [6.07, 6.45) is 1.63. The minimum absolute atomic E-state index is 0.575. The van der Waals surface area contributed by atoms with E-state index in [0.717, 1.165) is 17.1 Å². The lowest BCUT2D eigenvalue weighted by Crippen LogP contribution is -2.31. The van der Waals surface area contributed by atoms with Gasteiger partial charge < -0.3 is 15.0 Å². The quantitative estimate of drug-likeness (QED) is 0.876. The van der Waals surface area contributed by atoms with Gasteiger partial charge in [0.15, 0.2) is 5.11 Å². The highest BCUT2D eigenvalue weighted by atomic mass is 35.5. The number of hydrogen-bond acceptors (Lipinski definition) is 3. The molecule has 5 nitrogen and oxygen atoms in total. The molecule has 0 saturated heterocycles. The highest BCUT2D eigenvalue weighted by Crippen LogP contribution is 2.19. The van der Waals surface area contributed by atoms with Crippen LogP contribution in [0.5, 0.6) is 5.75 Å². The third-order valence-electron chi connectivity index (χ3n) is 3.07. The molecule has 0 radical (unpaired) electrons. The molecule has 1 aromatic carbocycles. The minimum Gasteiger partial charge on any atom is -0.497 e. The van der Waals surface area contributed by atoms with Crippen molar-refractivity contribution >= 4 is 34.6 Å². The van der Waals surface area contributed by atoms with Crippen molar-refractivity contribution in [3.8, 4) is 5.75 Å². The van der Waals surface area contributed by atoms with E-state index in [1.54, 1.807) is 18.0 Å². The van der Waals surface area contributed by atoms with Gasteiger partial charge in [0.05, 0.1) is 30.6 Å². The van der Waals surface area contributed by atoms with Crippen molar-refractivity contribution in [2.75, 3.05) is 19.5 Å². The first kappa shape index (κ1) is 15.6. The van der Waals surface area contributed by atoms with Crippen LogP contribution in [-0.2, 0) is 13.6 Å². The Bertz CT molecular complexity index is 624. The SMILES string of the molecule is COc1cccc(NC(=S)N(C)Cc2c(Cl)cnn2C)c1. The standard InChI is InChI=1S/C14H17ClN4OS/c1-18(9-13-12(15)8-16-19(13)2)14(21)17-10-5-4-6-11(7-10)20-3/h4-8H,9H2,1-3H3,(H,17,21). The fourth-order valence-electron chi connectivity index (χ4n) is 1.83. The summed E-state index contributed by atoms with van der Waals surface area (Å²) in [5.74, 6) is 0.778. The average Bonchev–Trinajstić information content (AvgIpc) is 2.79. The van der Waals surface area contributed by atoms with Crippen LogP contribution < -0.4 is 10.1 Å². The molecule has 2 rings (SSSR count). The molecule has 1 N–H and O–H groups in total. The molecule has 0 fully saturated rings. The molecule has 1 aromatic heterocycles. The van der Waals surface area contributed by atoms with E-state index in [-0.39, 0.29) is 0 Å². The molecule has 21 heavy (non-hydrogen) atoms. The van der Waals surface area contributed by atoms with Gasteiger partial charge >= 0.3 is 0 Å². The van der Waals surface area contributed by atoms with Crippen molar-refractivity contribution in [2.24, 2.45) is 7.05 Å². The zero-order valence-electron chi connectivity index (χ0n) is 12.1. The average molecular weight is 325 g/mol. The Hall–Kier alpha value is -1.79. The maximum atomic E-state index is 6.10. The topological polar surface area (TPSA) is 42.3 Å². The highest BCUT2D eigenvalue weighted by Gasteiger charge is 2.12. The number of rotatable bonds is 4. The van der Waals surface area contributed by atoms with Gasteiger partial charge in [0, 0.05) is 25.8 Å². The number of aromatic nitrogens is 2. The van der Waals surface area contributed by atoms with E-state index in [2.05, 4.69) is 10.4 Å². The fraction of sp³-hybridized carbons (Fsp3) is 0.286. The molecule has 112 valence electrons. The smallest absolute Gasteiger partial charge is 0.173 e. The first-order valence-corrected chi connectivity index (χ1v) is 7.12. The number of thiocarbonyl (C=S) groups is 1. The number of halogens is 1. The van der Waals surface area contributed by atoms with E-state index in [0.29, 0.717) is 16.7 Å². The van der Waals surface area contributed by atoms with E-state index in [1.165, 1.54) is 0 Å². The number of aryl methyl sites for hydroxylation is 1. The third kappa shape index (κ3) is 3.86. The molecule has 1 heterocycles. The Morgan fingerprint density at radius 2 is 2.29 bits per heavy atom. The van der Waals surface area contributed by atoms with Gasteiger partial charge in [0.25, 0.3) is 0 Å². The molecule has 0 saturated carbocycles. The summed E-state index contributed by atoms with van der Waals surface area (Å²) in [5.41, 5.74) is 1.79. The Balaban J connectivity index is 2.02. The zero-order valence-corrected chi connectivity index (χ0v) is 13.7. The predicted octanol–water partition coefficient (Wildman–Crippen LogP) is 2.91. The fourth-order valence-corrected chi connectivity index (χ4v) is 2.24. The van der Waals surface area contributed by atoms with Gasteiger partial charge in [-0.05, 0) is 24.4 Å².